The molecule has 1 N–H and O–H groups in total. The number of carbonyl (C=O) groups excluding carboxylic acids is 1. The van der Waals surface area contributed by atoms with Gasteiger partial charge in [-0.2, -0.15) is 4.31 Å². The molecule has 0 saturated heterocycles. The van der Waals surface area contributed by atoms with Crippen molar-refractivity contribution in [1.29, 1.82) is 0 Å². The lowest BCUT2D eigenvalue weighted by molar-refractivity contribution is 0.0927. The number of hydrogen-bond donors (Lipinski definition) is 1. The van der Waals surface area contributed by atoms with Gasteiger partial charge in [0.05, 0.1) is 4.90 Å². The molecule has 1 aromatic rings. The lowest BCUT2D eigenvalue weighted by atomic mass is 9.95. The highest BCUT2D eigenvalue weighted by Gasteiger charge is 2.22. The molecule has 0 aliphatic heterocycles. The largest absolute Gasteiger partial charge is 0.349 e. The molecule has 0 radical (unpaired) electrons. The summed E-state index contributed by atoms with van der Waals surface area (Å²) >= 11 is 0. The van der Waals surface area contributed by atoms with Crippen molar-refractivity contribution in [3.8, 4) is 0 Å². The third-order valence-corrected chi connectivity index (χ3v) is 6.46. The van der Waals surface area contributed by atoms with E-state index in [4.69, 9.17) is 0 Å². The Kier molecular flexibility index (Phi) is 6.18. The van der Waals surface area contributed by atoms with Crippen molar-refractivity contribution in [2.45, 2.75) is 56.9 Å². The number of hydrogen-bond acceptors (Lipinski definition) is 3. The molecule has 1 saturated carbocycles. The molecule has 1 aliphatic carbocycles. The second-order valence-corrected chi connectivity index (χ2v) is 7.86. The fourth-order valence-corrected chi connectivity index (χ4v) is 4.46. The van der Waals surface area contributed by atoms with Gasteiger partial charge in [0.2, 0.25) is 10.0 Å². The number of sulfonamides is 1. The number of nitrogens with one attached hydrogen (secondary N) is 1. The van der Waals surface area contributed by atoms with E-state index < -0.39 is 10.0 Å². The van der Waals surface area contributed by atoms with E-state index in [0.717, 1.165) is 25.7 Å². The second-order valence-electron chi connectivity index (χ2n) is 5.92. The molecule has 1 fully saturated rings. The number of nitrogens with zero attached hydrogens (tertiary/aromatic N) is 1. The Morgan fingerprint density at radius 2 is 1.65 bits per heavy atom. The summed E-state index contributed by atoms with van der Waals surface area (Å²) in [5.74, 6) is -0.122. The van der Waals surface area contributed by atoms with Gasteiger partial charge in [-0.3, -0.25) is 4.79 Å². The molecule has 0 atom stereocenters. The Morgan fingerprint density at radius 3 is 2.17 bits per heavy atom. The van der Waals surface area contributed by atoms with Crippen LogP contribution in [0.4, 0.5) is 0 Å². The van der Waals surface area contributed by atoms with Crippen LogP contribution in [0.25, 0.3) is 0 Å². The van der Waals surface area contributed by atoms with Crippen LogP contribution in [-0.2, 0) is 10.0 Å². The van der Waals surface area contributed by atoms with Gasteiger partial charge in [-0.1, -0.05) is 33.1 Å². The minimum absolute atomic E-state index is 0.122. The zero-order valence-electron chi connectivity index (χ0n) is 13.9. The minimum atomic E-state index is -3.47. The van der Waals surface area contributed by atoms with E-state index in [0.29, 0.717) is 18.7 Å². The van der Waals surface area contributed by atoms with E-state index in [1.165, 1.54) is 22.9 Å². The zero-order chi connectivity index (χ0) is 16.9. The van der Waals surface area contributed by atoms with Gasteiger partial charge in [0.25, 0.3) is 5.91 Å². The first-order valence-electron chi connectivity index (χ1n) is 8.40. The van der Waals surface area contributed by atoms with E-state index in [1.54, 1.807) is 12.1 Å². The molecule has 1 amide bonds. The summed E-state index contributed by atoms with van der Waals surface area (Å²) < 4.78 is 26.2. The number of rotatable bonds is 6. The molecule has 6 heteroatoms. The van der Waals surface area contributed by atoms with Crippen molar-refractivity contribution >= 4 is 15.9 Å². The molecular formula is C17H26N2O3S. The molecule has 0 heterocycles. The fourth-order valence-electron chi connectivity index (χ4n) is 3.01. The Hall–Kier alpha value is -1.40. The van der Waals surface area contributed by atoms with Crippen molar-refractivity contribution < 1.29 is 13.2 Å². The standard InChI is InChI=1S/C17H26N2O3S/c1-3-19(4-2)23(21,22)16-12-10-14(11-13-16)17(20)18-15-8-6-5-7-9-15/h10-13,15H,3-9H2,1-2H3,(H,18,20). The summed E-state index contributed by atoms with van der Waals surface area (Å²) in [6, 6.07) is 6.46. The van der Waals surface area contributed by atoms with Crippen LogP contribution in [-0.4, -0.2) is 37.8 Å². The Bertz CT molecular complexity index is 616. The van der Waals surface area contributed by atoms with E-state index in [2.05, 4.69) is 5.32 Å². The fraction of sp³-hybridized carbons (Fsp3) is 0.588. The van der Waals surface area contributed by atoms with Crippen LogP contribution in [0.3, 0.4) is 0 Å². The molecule has 1 aromatic carbocycles. The first-order valence-corrected chi connectivity index (χ1v) is 9.84. The molecule has 0 bridgehead atoms. The highest BCUT2D eigenvalue weighted by molar-refractivity contribution is 7.89. The SMILES string of the molecule is CCN(CC)S(=O)(=O)c1ccc(C(=O)NC2CCCCC2)cc1. The third-order valence-electron chi connectivity index (χ3n) is 4.40. The number of amides is 1. The molecule has 0 aromatic heterocycles. The molecular weight excluding hydrogens is 312 g/mol. The smallest absolute Gasteiger partial charge is 0.251 e. The lowest BCUT2D eigenvalue weighted by Crippen LogP contribution is -2.36. The number of benzene rings is 1. The quantitative estimate of drug-likeness (QED) is 0.867. The van der Waals surface area contributed by atoms with Crippen molar-refractivity contribution in [3.63, 3.8) is 0 Å². The average Bonchev–Trinajstić information content (AvgIpc) is 2.56. The van der Waals surface area contributed by atoms with Gasteiger partial charge in [0, 0.05) is 24.7 Å². The first-order chi connectivity index (χ1) is 11.0. The van der Waals surface area contributed by atoms with E-state index in [9.17, 15) is 13.2 Å². The zero-order valence-corrected chi connectivity index (χ0v) is 14.7. The maximum Gasteiger partial charge on any atom is 0.251 e. The molecule has 1 aliphatic rings. The van der Waals surface area contributed by atoms with Crippen molar-refractivity contribution in [2.24, 2.45) is 0 Å². The summed E-state index contributed by atoms with van der Waals surface area (Å²) in [4.78, 5) is 12.5. The normalized spacial score (nSPS) is 16.5. The summed E-state index contributed by atoms with van der Waals surface area (Å²) in [5, 5.41) is 3.04. The highest BCUT2D eigenvalue weighted by Crippen LogP contribution is 2.19. The maximum atomic E-state index is 12.4. The Morgan fingerprint density at radius 1 is 1.09 bits per heavy atom. The Labute approximate surface area is 139 Å². The van der Waals surface area contributed by atoms with Crippen LogP contribution < -0.4 is 5.32 Å². The summed E-state index contributed by atoms with van der Waals surface area (Å²) in [5.41, 5.74) is 0.508. The predicted octanol–water partition coefficient (Wildman–Crippen LogP) is 2.78. The summed E-state index contributed by atoms with van der Waals surface area (Å²) in [7, 11) is -3.47. The minimum Gasteiger partial charge on any atom is -0.349 e. The highest BCUT2D eigenvalue weighted by atomic mass is 32.2. The first kappa shape index (κ1) is 17.9. The Balaban J connectivity index is 2.08. The molecule has 5 nitrogen and oxygen atoms in total. The topological polar surface area (TPSA) is 66.5 Å². The second kappa shape index (κ2) is 7.93. The van der Waals surface area contributed by atoms with Gasteiger partial charge in [0.1, 0.15) is 0 Å². The van der Waals surface area contributed by atoms with Crippen molar-refractivity contribution in [1.82, 2.24) is 9.62 Å². The molecule has 23 heavy (non-hydrogen) atoms. The van der Waals surface area contributed by atoms with Gasteiger partial charge in [-0.25, -0.2) is 8.42 Å². The van der Waals surface area contributed by atoms with E-state index >= 15 is 0 Å². The molecule has 0 spiro atoms. The van der Waals surface area contributed by atoms with Crippen LogP contribution in [0.2, 0.25) is 0 Å². The lowest BCUT2D eigenvalue weighted by Gasteiger charge is -2.23. The molecule has 2 rings (SSSR count). The average molecular weight is 338 g/mol. The summed E-state index contributed by atoms with van der Waals surface area (Å²) in [6.45, 7) is 4.49. The number of carbonyl (C=O) groups is 1. The van der Waals surface area contributed by atoms with Gasteiger partial charge < -0.3 is 5.32 Å². The third kappa shape index (κ3) is 4.32. The monoisotopic (exact) mass is 338 g/mol. The predicted molar refractivity (Wildman–Crippen MR) is 90.9 cm³/mol. The summed E-state index contributed by atoms with van der Waals surface area (Å²) in [6.07, 6.45) is 5.61. The van der Waals surface area contributed by atoms with Gasteiger partial charge in [0.15, 0.2) is 0 Å². The van der Waals surface area contributed by atoms with Crippen molar-refractivity contribution in [3.05, 3.63) is 29.8 Å². The molecule has 0 unspecified atom stereocenters. The van der Waals surface area contributed by atoms with Gasteiger partial charge in [-0.15, -0.1) is 0 Å². The van der Waals surface area contributed by atoms with Gasteiger partial charge in [-0.05, 0) is 37.1 Å². The van der Waals surface area contributed by atoms with Crippen LogP contribution in [0.1, 0.15) is 56.3 Å². The van der Waals surface area contributed by atoms with Crippen LogP contribution in [0, 0.1) is 0 Å². The van der Waals surface area contributed by atoms with Gasteiger partial charge >= 0.3 is 0 Å². The van der Waals surface area contributed by atoms with E-state index in [-0.39, 0.29) is 16.8 Å². The van der Waals surface area contributed by atoms with Crippen LogP contribution in [0.15, 0.2) is 29.2 Å². The van der Waals surface area contributed by atoms with Crippen molar-refractivity contribution in [2.75, 3.05) is 13.1 Å². The maximum absolute atomic E-state index is 12.4. The molecule has 128 valence electrons. The van der Waals surface area contributed by atoms with Crippen LogP contribution >= 0.6 is 0 Å². The van der Waals surface area contributed by atoms with E-state index in [1.807, 2.05) is 13.8 Å². The van der Waals surface area contributed by atoms with Crippen LogP contribution in [0.5, 0.6) is 0 Å².